The van der Waals surface area contributed by atoms with Gasteiger partial charge in [0.05, 0.1) is 0 Å². The lowest BCUT2D eigenvalue weighted by atomic mass is 9.93. The van der Waals surface area contributed by atoms with E-state index >= 15 is 0 Å². The predicted molar refractivity (Wildman–Crippen MR) is 84.2 cm³/mol. The van der Waals surface area contributed by atoms with E-state index in [1.807, 2.05) is 17.9 Å². The van der Waals surface area contributed by atoms with Crippen molar-refractivity contribution in [2.24, 2.45) is 5.92 Å². The largest absolute Gasteiger partial charge is 0.370 e. The number of hydrogen-bond acceptors (Lipinski definition) is 4. The van der Waals surface area contributed by atoms with Crippen LogP contribution in [0.4, 0.5) is 5.82 Å². The van der Waals surface area contributed by atoms with Gasteiger partial charge in [0.25, 0.3) is 0 Å². The van der Waals surface area contributed by atoms with Crippen molar-refractivity contribution in [2.45, 2.75) is 46.5 Å². The Morgan fingerprint density at radius 1 is 1.38 bits per heavy atom. The zero-order chi connectivity index (χ0) is 15.2. The Labute approximate surface area is 127 Å². The van der Waals surface area contributed by atoms with Crippen LogP contribution in [0.25, 0.3) is 0 Å². The molecule has 0 aromatic carbocycles. The molecule has 1 fully saturated rings. The average molecular weight is 290 g/mol. The number of aromatic nitrogens is 2. The van der Waals surface area contributed by atoms with Gasteiger partial charge in [-0.2, -0.15) is 0 Å². The molecular weight excluding hydrogens is 264 g/mol. The number of nitrogens with zero attached hydrogens (tertiary/aromatic N) is 3. The van der Waals surface area contributed by atoms with E-state index in [1.54, 1.807) is 6.92 Å². The van der Waals surface area contributed by atoms with E-state index in [2.05, 4.69) is 22.2 Å². The third-order valence-corrected chi connectivity index (χ3v) is 4.17. The number of carbonyl (C=O) groups excluding carboxylic acids is 1. The zero-order valence-electron chi connectivity index (χ0n) is 13.4. The summed E-state index contributed by atoms with van der Waals surface area (Å²) in [6, 6.07) is 2.03. The summed E-state index contributed by atoms with van der Waals surface area (Å²) in [5.41, 5.74) is 1.08. The smallest absolute Gasteiger partial charge is 0.219 e. The summed E-state index contributed by atoms with van der Waals surface area (Å²) in [7, 11) is 0. The van der Waals surface area contributed by atoms with Crippen LogP contribution < -0.4 is 5.32 Å². The molecule has 2 heterocycles. The van der Waals surface area contributed by atoms with Gasteiger partial charge in [0.2, 0.25) is 5.91 Å². The van der Waals surface area contributed by atoms with Gasteiger partial charge in [-0.3, -0.25) is 4.79 Å². The van der Waals surface area contributed by atoms with E-state index in [0.717, 1.165) is 62.7 Å². The van der Waals surface area contributed by atoms with Gasteiger partial charge in [0.15, 0.2) is 0 Å². The number of carbonyl (C=O) groups is 1. The second kappa shape index (κ2) is 7.38. The summed E-state index contributed by atoms with van der Waals surface area (Å²) in [6.45, 7) is 8.45. The SMILES string of the molecule is CCc1cc(NCCC2CCN(C(C)=O)CC2)nc(C)n1. The lowest BCUT2D eigenvalue weighted by molar-refractivity contribution is -0.130. The standard InChI is InChI=1S/C16H26N4O/c1-4-15-11-16(19-12(2)18-15)17-8-5-14-6-9-20(10-7-14)13(3)21/h11,14H,4-10H2,1-3H3,(H,17,18,19). The molecule has 0 radical (unpaired) electrons. The molecule has 5 nitrogen and oxygen atoms in total. The Morgan fingerprint density at radius 3 is 2.71 bits per heavy atom. The molecular formula is C16H26N4O. The second-order valence-electron chi connectivity index (χ2n) is 5.81. The molecule has 0 bridgehead atoms. The number of rotatable bonds is 5. The maximum Gasteiger partial charge on any atom is 0.219 e. The molecule has 0 spiro atoms. The summed E-state index contributed by atoms with van der Waals surface area (Å²) in [5, 5.41) is 3.41. The molecule has 2 rings (SSSR count). The molecule has 5 heteroatoms. The Bertz CT molecular complexity index is 481. The Balaban J connectivity index is 1.75. The monoisotopic (exact) mass is 290 g/mol. The Kier molecular flexibility index (Phi) is 5.53. The maximum atomic E-state index is 11.3. The van der Waals surface area contributed by atoms with Crippen molar-refractivity contribution < 1.29 is 4.79 Å². The minimum Gasteiger partial charge on any atom is -0.370 e. The van der Waals surface area contributed by atoms with Crippen LogP contribution in [0, 0.1) is 12.8 Å². The number of amides is 1. The van der Waals surface area contributed by atoms with Gasteiger partial charge in [0.1, 0.15) is 11.6 Å². The van der Waals surface area contributed by atoms with Crippen LogP contribution in [0.3, 0.4) is 0 Å². The van der Waals surface area contributed by atoms with E-state index in [4.69, 9.17) is 0 Å². The number of nitrogens with one attached hydrogen (secondary N) is 1. The minimum atomic E-state index is 0.204. The number of likely N-dealkylation sites (tertiary alicyclic amines) is 1. The normalized spacial score (nSPS) is 16.0. The van der Waals surface area contributed by atoms with Crippen LogP contribution in [0.5, 0.6) is 0 Å². The lowest BCUT2D eigenvalue weighted by Gasteiger charge is -2.31. The van der Waals surface area contributed by atoms with Crippen molar-refractivity contribution in [3.63, 3.8) is 0 Å². The highest BCUT2D eigenvalue weighted by Crippen LogP contribution is 2.20. The molecule has 1 saturated heterocycles. The molecule has 1 aliphatic heterocycles. The van der Waals surface area contributed by atoms with E-state index < -0.39 is 0 Å². The highest BCUT2D eigenvalue weighted by Gasteiger charge is 2.20. The summed E-state index contributed by atoms with van der Waals surface area (Å²) in [4.78, 5) is 22.1. The van der Waals surface area contributed by atoms with Crippen molar-refractivity contribution in [3.05, 3.63) is 17.6 Å². The quantitative estimate of drug-likeness (QED) is 0.904. The molecule has 1 amide bonds. The fourth-order valence-corrected chi connectivity index (χ4v) is 2.84. The molecule has 116 valence electrons. The number of hydrogen-bond donors (Lipinski definition) is 1. The van der Waals surface area contributed by atoms with Crippen molar-refractivity contribution >= 4 is 11.7 Å². The number of aryl methyl sites for hydroxylation is 2. The van der Waals surface area contributed by atoms with E-state index in [-0.39, 0.29) is 5.91 Å². The van der Waals surface area contributed by atoms with Crippen molar-refractivity contribution in [3.8, 4) is 0 Å². The fraction of sp³-hybridized carbons (Fsp3) is 0.688. The van der Waals surface area contributed by atoms with E-state index in [0.29, 0.717) is 5.92 Å². The van der Waals surface area contributed by atoms with E-state index in [9.17, 15) is 4.79 Å². The highest BCUT2D eigenvalue weighted by molar-refractivity contribution is 5.73. The lowest BCUT2D eigenvalue weighted by Crippen LogP contribution is -2.37. The van der Waals surface area contributed by atoms with Crippen LogP contribution in [-0.4, -0.2) is 40.4 Å². The van der Waals surface area contributed by atoms with Crippen LogP contribution in [-0.2, 0) is 11.2 Å². The van der Waals surface area contributed by atoms with Gasteiger partial charge in [-0.1, -0.05) is 6.92 Å². The summed E-state index contributed by atoms with van der Waals surface area (Å²) < 4.78 is 0. The van der Waals surface area contributed by atoms with Crippen molar-refractivity contribution in [1.29, 1.82) is 0 Å². The topological polar surface area (TPSA) is 58.1 Å². The van der Waals surface area contributed by atoms with Crippen LogP contribution >= 0.6 is 0 Å². The number of anilines is 1. The molecule has 0 aliphatic carbocycles. The summed E-state index contributed by atoms with van der Waals surface area (Å²) >= 11 is 0. The van der Waals surface area contributed by atoms with Gasteiger partial charge in [-0.05, 0) is 38.5 Å². The molecule has 0 unspecified atom stereocenters. The van der Waals surface area contributed by atoms with E-state index in [1.165, 1.54) is 0 Å². The van der Waals surface area contributed by atoms with Gasteiger partial charge >= 0.3 is 0 Å². The number of piperidine rings is 1. The molecule has 0 saturated carbocycles. The van der Waals surface area contributed by atoms with Gasteiger partial charge < -0.3 is 10.2 Å². The van der Waals surface area contributed by atoms with Crippen LogP contribution in [0.2, 0.25) is 0 Å². The first-order valence-corrected chi connectivity index (χ1v) is 7.92. The first kappa shape index (κ1) is 15.7. The molecule has 21 heavy (non-hydrogen) atoms. The third-order valence-electron chi connectivity index (χ3n) is 4.17. The second-order valence-corrected chi connectivity index (χ2v) is 5.81. The molecule has 1 N–H and O–H groups in total. The van der Waals surface area contributed by atoms with Crippen LogP contribution in [0.15, 0.2) is 6.07 Å². The van der Waals surface area contributed by atoms with Gasteiger partial charge in [-0.15, -0.1) is 0 Å². The first-order valence-electron chi connectivity index (χ1n) is 7.92. The maximum absolute atomic E-state index is 11.3. The van der Waals surface area contributed by atoms with Crippen molar-refractivity contribution in [2.75, 3.05) is 25.0 Å². The molecule has 0 atom stereocenters. The Hall–Kier alpha value is -1.65. The van der Waals surface area contributed by atoms with Crippen molar-refractivity contribution in [1.82, 2.24) is 14.9 Å². The third kappa shape index (κ3) is 4.69. The molecule has 1 aromatic heterocycles. The summed E-state index contributed by atoms with van der Waals surface area (Å²) in [6.07, 6.45) is 4.30. The fourth-order valence-electron chi connectivity index (χ4n) is 2.84. The highest BCUT2D eigenvalue weighted by atomic mass is 16.2. The first-order chi connectivity index (χ1) is 10.1. The van der Waals surface area contributed by atoms with Gasteiger partial charge in [-0.25, -0.2) is 9.97 Å². The minimum absolute atomic E-state index is 0.204. The molecule has 1 aliphatic rings. The Morgan fingerprint density at radius 2 is 2.10 bits per heavy atom. The average Bonchev–Trinajstić information content (AvgIpc) is 2.47. The van der Waals surface area contributed by atoms with Gasteiger partial charge in [0, 0.05) is 38.3 Å². The summed E-state index contributed by atoms with van der Waals surface area (Å²) in [5.74, 6) is 2.67. The van der Waals surface area contributed by atoms with Crippen LogP contribution in [0.1, 0.15) is 44.6 Å². The zero-order valence-corrected chi connectivity index (χ0v) is 13.4. The molecule has 1 aromatic rings. The predicted octanol–water partition coefficient (Wildman–Crippen LogP) is 2.41.